The molecular formula is C20H40N2OS2. The monoisotopic (exact) mass is 388 g/mol. The van der Waals surface area contributed by atoms with Gasteiger partial charge < -0.3 is 10.7 Å². The largest absolute Gasteiger partial charge is 0.356 e. The Morgan fingerprint density at radius 2 is 1.40 bits per heavy atom. The van der Waals surface area contributed by atoms with Crippen LogP contribution < -0.4 is 5.32 Å². The van der Waals surface area contributed by atoms with E-state index in [1.807, 2.05) is 10.8 Å². The Hall–Kier alpha value is -0.160. The molecule has 0 heterocycles. The summed E-state index contributed by atoms with van der Waals surface area (Å²) in [5, 5.41) is 11.0. The SMILES string of the molecule is CC(C)(C)CCCC(=N)CCCSSCCC(=O)NCCC(C)(C)C. The average molecular weight is 389 g/mol. The molecule has 0 bridgehead atoms. The van der Waals surface area contributed by atoms with Crippen LogP contribution >= 0.6 is 21.6 Å². The molecule has 148 valence electrons. The Morgan fingerprint density at radius 1 is 0.840 bits per heavy atom. The smallest absolute Gasteiger partial charge is 0.220 e. The molecule has 0 radical (unpaired) electrons. The molecule has 3 nitrogen and oxygen atoms in total. The minimum atomic E-state index is 0.165. The summed E-state index contributed by atoms with van der Waals surface area (Å²) in [5.74, 6) is 2.10. The van der Waals surface area contributed by atoms with E-state index in [-0.39, 0.29) is 11.3 Å². The van der Waals surface area contributed by atoms with Gasteiger partial charge in [0.1, 0.15) is 0 Å². The fourth-order valence-corrected chi connectivity index (χ4v) is 4.30. The maximum absolute atomic E-state index is 11.7. The van der Waals surface area contributed by atoms with Crippen LogP contribution in [0.15, 0.2) is 0 Å². The molecule has 5 heteroatoms. The van der Waals surface area contributed by atoms with Crippen LogP contribution in [0.2, 0.25) is 0 Å². The lowest BCUT2D eigenvalue weighted by atomic mass is 9.89. The number of carbonyl (C=O) groups is 1. The van der Waals surface area contributed by atoms with Crippen LogP contribution in [0, 0.1) is 16.2 Å². The maximum atomic E-state index is 11.7. The van der Waals surface area contributed by atoms with Gasteiger partial charge in [0.05, 0.1) is 0 Å². The summed E-state index contributed by atoms with van der Waals surface area (Å²) in [6.07, 6.45) is 6.89. The van der Waals surface area contributed by atoms with E-state index in [4.69, 9.17) is 5.41 Å². The van der Waals surface area contributed by atoms with E-state index in [2.05, 4.69) is 46.9 Å². The van der Waals surface area contributed by atoms with Gasteiger partial charge >= 0.3 is 0 Å². The number of rotatable bonds is 13. The number of hydrogen-bond donors (Lipinski definition) is 2. The molecule has 0 fully saturated rings. The van der Waals surface area contributed by atoms with Gasteiger partial charge in [0.15, 0.2) is 0 Å². The normalized spacial score (nSPS) is 12.2. The van der Waals surface area contributed by atoms with E-state index >= 15 is 0 Å². The standard InChI is InChI=1S/C20H40N2OS2/c1-19(2,3)12-7-9-17(21)10-8-15-24-25-16-11-18(23)22-14-13-20(4,5)6/h21H,7-16H2,1-6H3,(H,22,23). The van der Waals surface area contributed by atoms with Crippen molar-refractivity contribution in [2.24, 2.45) is 10.8 Å². The summed E-state index contributed by atoms with van der Waals surface area (Å²) in [6, 6.07) is 0. The predicted octanol–water partition coefficient (Wildman–Crippen LogP) is 6.33. The van der Waals surface area contributed by atoms with Crippen molar-refractivity contribution in [1.82, 2.24) is 5.32 Å². The first-order valence-corrected chi connectivity index (χ1v) is 12.1. The number of amides is 1. The summed E-state index contributed by atoms with van der Waals surface area (Å²) in [6.45, 7) is 14.1. The summed E-state index contributed by atoms with van der Waals surface area (Å²) >= 11 is 0. The first-order chi connectivity index (χ1) is 11.5. The molecule has 0 aliphatic heterocycles. The number of hydrogen-bond acceptors (Lipinski definition) is 4. The molecule has 0 saturated carbocycles. The van der Waals surface area contributed by atoms with Crippen LogP contribution in [0.5, 0.6) is 0 Å². The molecular weight excluding hydrogens is 348 g/mol. The van der Waals surface area contributed by atoms with Gasteiger partial charge in [-0.3, -0.25) is 4.79 Å². The van der Waals surface area contributed by atoms with Gasteiger partial charge in [0.25, 0.3) is 0 Å². The second-order valence-corrected chi connectivity index (χ2v) is 11.9. The Balaban J connectivity index is 3.43. The van der Waals surface area contributed by atoms with Gasteiger partial charge in [0, 0.05) is 30.2 Å². The molecule has 2 N–H and O–H groups in total. The van der Waals surface area contributed by atoms with Gasteiger partial charge in [0.2, 0.25) is 5.91 Å². The van der Waals surface area contributed by atoms with Crippen LogP contribution in [0.1, 0.15) is 86.5 Å². The summed E-state index contributed by atoms with van der Waals surface area (Å²) in [7, 11) is 3.61. The van der Waals surface area contributed by atoms with Crippen LogP contribution in [0.25, 0.3) is 0 Å². The molecule has 0 rings (SSSR count). The molecule has 0 atom stereocenters. The molecule has 0 spiro atoms. The lowest BCUT2D eigenvalue weighted by Crippen LogP contribution is -2.27. The highest BCUT2D eigenvalue weighted by Crippen LogP contribution is 2.24. The van der Waals surface area contributed by atoms with Gasteiger partial charge in [-0.05, 0) is 49.4 Å². The Morgan fingerprint density at radius 3 is 2.00 bits per heavy atom. The zero-order chi connectivity index (χ0) is 19.3. The lowest BCUT2D eigenvalue weighted by Gasteiger charge is -2.17. The summed E-state index contributed by atoms with van der Waals surface area (Å²) < 4.78 is 0. The number of carbonyl (C=O) groups excluding carboxylic acids is 1. The van der Waals surface area contributed by atoms with Crippen molar-refractivity contribution in [2.75, 3.05) is 18.1 Å². The Kier molecular flexibility index (Phi) is 13.0. The zero-order valence-corrected chi connectivity index (χ0v) is 18.9. The highest BCUT2D eigenvalue weighted by molar-refractivity contribution is 8.76. The van der Waals surface area contributed by atoms with Crippen LogP contribution in [-0.4, -0.2) is 29.7 Å². The Labute approximate surface area is 164 Å². The van der Waals surface area contributed by atoms with E-state index in [1.165, 1.54) is 6.42 Å². The van der Waals surface area contributed by atoms with Gasteiger partial charge in [-0.2, -0.15) is 0 Å². The summed E-state index contributed by atoms with van der Waals surface area (Å²) in [5.41, 5.74) is 1.55. The molecule has 0 aromatic carbocycles. The molecule has 0 aliphatic rings. The maximum Gasteiger partial charge on any atom is 0.220 e. The van der Waals surface area contributed by atoms with Crippen molar-refractivity contribution >= 4 is 33.2 Å². The second kappa shape index (κ2) is 13.1. The Bertz CT molecular complexity index is 348. The van der Waals surface area contributed by atoms with Gasteiger partial charge in [-0.15, -0.1) is 0 Å². The average Bonchev–Trinajstić information content (AvgIpc) is 2.43. The first kappa shape index (κ1) is 24.8. The van der Waals surface area contributed by atoms with E-state index in [9.17, 15) is 4.79 Å². The third-order valence-corrected chi connectivity index (χ3v) is 6.30. The molecule has 0 saturated heterocycles. The van der Waals surface area contributed by atoms with Crippen molar-refractivity contribution < 1.29 is 4.79 Å². The van der Waals surface area contributed by atoms with Gasteiger partial charge in [-0.1, -0.05) is 63.1 Å². The topological polar surface area (TPSA) is 53.0 Å². The molecule has 0 aromatic rings. The van der Waals surface area contributed by atoms with Crippen molar-refractivity contribution in [3.05, 3.63) is 0 Å². The quantitative estimate of drug-likeness (QED) is 0.220. The van der Waals surface area contributed by atoms with Crippen molar-refractivity contribution in [3.8, 4) is 0 Å². The molecule has 1 amide bonds. The van der Waals surface area contributed by atoms with Crippen molar-refractivity contribution in [2.45, 2.75) is 86.5 Å². The van der Waals surface area contributed by atoms with E-state index < -0.39 is 0 Å². The fraction of sp³-hybridized carbons (Fsp3) is 0.900. The van der Waals surface area contributed by atoms with Crippen molar-refractivity contribution in [3.63, 3.8) is 0 Å². The van der Waals surface area contributed by atoms with Crippen LogP contribution in [0.4, 0.5) is 0 Å². The summed E-state index contributed by atoms with van der Waals surface area (Å²) in [4.78, 5) is 11.7. The van der Waals surface area contributed by atoms with Gasteiger partial charge in [-0.25, -0.2) is 0 Å². The van der Waals surface area contributed by atoms with Crippen molar-refractivity contribution in [1.29, 1.82) is 5.41 Å². The fourth-order valence-electron chi connectivity index (χ4n) is 2.22. The first-order valence-electron chi connectivity index (χ1n) is 9.57. The number of nitrogens with one attached hydrogen (secondary N) is 2. The van der Waals surface area contributed by atoms with E-state index in [0.717, 1.165) is 55.9 Å². The predicted molar refractivity (Wildman–Crippen MR) is 117 cm³/mol. The second-order valence-electron chi connectivity index (χ2n) is 9.18. The molecule has 0 aromatic heterocycles. The minimum Gasteiger partial charge on any atom is -0.356 e. The third-order valence-electron chi connectivity index (χ3n) is 3.80. The molecule has 0 unspecified atom stereocenters. The third kappa shape index (κ3) is 20.0. The van der Waals surface area contributed by atoms with E-state index in [0.29, 0.717) is 11.8 Å². The lowest BCUT2D eigenvalue weighted by molar-refractivity contribution is -0.120. The molecule has 25 heavy (non-hydrogen) atoms. The highest BCUT2D eigenvalue weighted by Gasteiger charge is 2.11. The van der Waals surface area contributed by atoms with E-state index in [1.54, 1.807) is 10.8 Å². The van der Waals surface area contributed by atoms with Crippen LogP contribution in [-0.2, 0) is 4.79 Å². The zero-order valence-electron chi connectivity index (χ0n) is 17.3. The highest BCUT2D eigenvalue weighted by atomic mass is 33.1. The van der Waals surface area contributed by atoms with Crippen LogP contribution in [0.3, 0.4) is 0 Å². The minimum absolute atomic E-state index is 0.165. The molecule has 0 aliphatic carbocycles.